The number of nitrogens with one attached hydrogen (secondary N) is 2. The Bertz CT molecular complexity index is 641. The van der Waals surface area contributed by atoms with Gasteiger partial charge in [0.15, 0.2) is 5.11 Å². The average Bonchev–Trinajstić information content (AvgIpc) is 2.48. The maximum absolute atomic E-state index is 5.64. The lowest BCUT2D eigenvalue weighted by Crippen LogP contribution is -2.23. The van der Waals surface area contributed by atoms with Gasteiger partial charge in [-0.15, -0.1) is 0 Å². The molecule has 0 aliphatic heterocycles. The number of anilines is 1. The van der Waals surface area contributed by atoms with Gasteiger partial charge in [0.1, 0.15) is 5.75 Å². The predicted octanol–water partition coefficient (Wildman–Crippen LogP) is 3.79. The van der Waals surface area contributed by atoms with E-state index in [4.69, 9.17) is 17.0 Å². The molecule has 22 heavy (non-hydrogen) atoms. The normalized spacial score (nSPS) is 10.7. The van der Waals surface area contributed by atoms with Gasteiger partial charge in [0.25, 0.3) is 0 Å². The molecule has 0 bridgehead atoms. The third-order valence-corrected chi connectivity index (χ3v) is 2.83. The van der Waals surface area contributed by atoms with E-state index in [0.29, 0.717) is 5.11 Å². The minimum absolute atomic E-state index is 0.146. The number of hydrazone groups is 1. The lowest BCUT2D eigenvalue weighted by molar-refractivity contribution is 0.242. The Hall–Kier alpha value is -2.40. The van der Waals surface area contributed by atoms with Gasteiger partial charge in [-0.3, -0.25) is 5.43 Å². The average molecular weight is 313 g/mol. The molecule has 0 aromatic heterocycles. The van der Waals surface area contributed by atoms with E-state index < -0.39 is 0 Å². The molecule has 114 valence electrons. The third kappa shape index (κ3) is 5.54. The van der Waals surface area contributed by atoms with Crippen molar-refractivity contribution in [2.24, 2.45) is 5.10 Å². The van der Waals surface area contributed by atoms with Crippen LogP contribution in [0.4, 0.5) is 5.69 Å². The molecule has 5 heteroatoms. The molecule has 0 aliphatic rings. The topological polar surface area (TPSA) is 45.6 Å². The Morgan fingerprint density at radius 2 is 1.91 bits per heavy atom. The molecule has 0 fully saturated rings. The molecule has 0 unspecified atom stereocenters. The summed E-state index contributed by atoms with van der Waals surface area (Å²) in [6.07, 6.45) is 1.85. The summed E-state index contributed by atoms with van der Waals surface area (Å²) in [7, 11) is 0. The number of para-hydroxylation sites is 1. The van der Waals surface area contributed by atoms with Crippen molar-refractivity contribution in [2.75, 3.05) is 5.32 Å². The van der Waals surface area contributed by atoms with E-state index in [9.17, 15) is 0 Å². The van der Waals surface area contributed by atoms with Crippen LogP contribution in [0.3, 0.4) is 0 Å². The highest BCUT2D eigenvalue weighted by atomic mass is 32.1. The minimum Gasteiger partial charge on any atom is -0.491 e. The van der Waals surface area contributed by atoms with E-state index in [-0.39, 0.29) is 6.10 Å². The standard InChI is InChI=1S/C17H19N3OS/c1-13(2)21-16-10-6-7-14(11-16)12-18-20-17(22)19-15-8-4-3-5-9-15/h3-13H,1-2H3,(H2,19,20,22)/b18-12-. The molecule has 0 saturated carbocycles. The highest BCUT2D eigenvalue weighted by Gasteiger charge is 1.98. The van der Waals surface area contributed by atoms with E-state index in [1.807, 2.05) is 68.4 Å². The number of hydrogen-bond acceptors (Lipinski definition) is 3. The summed E-state index contributed by atoms with van der Waals surface area (Å²) in [5, 5.41) is 7.61. The van der Waals surface area contributed by atoms with Crippen LogP contribution >= 0.6 is 12.2 Å². The zero-order valence-corrected chi connectivity index (χ0v) is 13.4. The summed E-state index contributed by atoms with van der Waals surface area (Å²) >= 11 is 5.17. The molecule has 0 aliphatic carbocycles. The van der Waals surface area contributed by atoms with Gasteiger partial charge in [-0.2, -0.15) is 5.10 Å². The fourth-order valence-corrected chi connectivity index (χ4v) is 1.96. The molecule has 2 rings (SSSR count). The van der Waals surface area contributed by atoms with Crippen molar-refractivity contribution in [3.05, 3.63) is 60.2 Å². The molecule has 0 amide bonds. The fourth-order valence-electron chi connectivity index (χ4n) is 1.79. The molecule has 2 N–H and O–H groups in total. The molecular weight excluding hydrogens is 294 g/mol. The summed E-state index contributed by atoms with van der Waals surface area (Å²) in [5.74, 6) is 0.823. The van der Waals surface area contributed by atoms with Gasteiger partial charge >= 0.3 is 0 Å². The van der Waals surface area contributed by atoms with E-state index in [2.05, 4.69) is 15.8 Å². The van der Waals surface area contributed by atoms with E-state index in [0.717, 1.165) is 17.0 Å². The summed E-state index contributed by atoms with van der Waals surface area (Å²) in [5.41, 5.74) is 4.65. The molecular formula is C17H19N3OS. The molecule has 0 atom stereocenters. The molecule has 4 nitrogen and oxygen atoms in total. The van der Waals surface area contributed by atoms with Crippen molar-refractivity contribution < 1.29 is 4.74 Å². The maximum atomic E-state index is 5.64. The SMILES string of the molecule is CC(C)Oc1cccc(/C=N\NC(=S)Nc2ccccc2)c1. The zero-order chi connectivity index (χ0) is 15.8. The van der Waals surface area contributed by atoms with Crippen molar-refractivity contribution >= 4 is 29.2 Å². The van der Waals surface area contributed by atoms with Crippen molar-refractivity contribution in [3.63, 3.8) is 0 Å². The van der Waals surface area contributed by atoms with E-state index >= 15 is 0 Å². The first-order valence-corrected chi connectivity index (χ1v) is 7.46. The van der Waals surface area contributed by atoms with Crippen LogP contribution in [0, 0.1) is 0 Å². The first kappa shape index (κ1) is 16.0. The first-order valence-electron chi connectivity index (χ1n) is 7.05. The number of hydrogen-bond donors (Lipinski definition) is 2. The monoisotopic (exact) mass is 313 g/mol. The summed E-state index contributed by atoms with van der Waals surface area (Å²) in [4.78, 5) is 0. The van der Waals surface area contributed by atoms with Gasteiger partial charge in [0, 0.05) is 5.69 Å². The van der Waals surface area contributed by atoms with Crippen LogP contribution in [0.25, 0.3) is 0 Å². The van der Waals surface area contributed by atoms with Crippen LogP contribution in [0.2, 0.25) is 0 Å². The molecule has 2 aromatic carbocycles. The lowest BCUT2D eigenvalue weighted by Gasteiger charge is -2.09. The quantitative estimate of drug-likeness (QED) is 0.501. The Kier molecular flexibility index (Phi) is 5.91. The smallest absolute Gasteiger partial charge is 0.191 e. The summed E-state index contributed by atoms with van der Waals surface area (Å²) in [6.45, 7) is 3.99. The Morgan fingerprint density at radius 1 is 1.14 bits per heavy atom. The minimum atomic E-state index is 0.146. The molecule has 0 saturated heterocycles. The number of rotatable bonds is 5. The number of thiocarbonyl (C=S) groups is 1. The highest BCUT2D eigenvalue weighted by molar-refractivity contribution is 7.80. The number of benzene rings is 2. The second-order valence-electron chi connectivity index (χ2n) is 4.93. The number of ether oxygens (including phenoxy) is 1. The third-order valence-electron chi connectivity index (χ3n) is 2.64. The van der Waals surface area contributed by atoms with E-state index in [1.54, 1.807) is 6.21 Å². The van der Waals surface area contributed by atoms with Crippen molar-refractivity contribution in [1.29, 1.82) is 0 Å². The largest absolute Gasteiger partial charge is 0.491 e. The van der Waals surface area contributed by atoms with Gasteiger partial charge in [-0.25, -0.2) is 0 Å². The summed E-state index contributed by atoms with van der Waals surface area (Å²) in [6, 6.07) is 17.4. The summed E-state index contributed by atoms with van der Waals surface area (Å²) < 4.78 is 5.64. The molecule has 0 spiro atoms. The van der Waals surface area contributed by atoms with Gasteiger partial charge < -0.3 is 10.1 Å². The molecule has 0 heterocycles. The highest BCUT2D eigenvalue weighted by Crippen LogP contribution is 2.13. The van der Waals surface area contributed by atoms with E-state index in [1.165, 1.54) is 0 Å². The van der Waals surface area contributed by atoms with Gasteiger partial charge in [0.2, 0.25) is 0 Å². The fraction of sp³-hybridized carbons (Fsp3) is 0.176. The first-order chi connectivity index (χ1) is 10.6. The number of nitrogens with zero attached hydrogens (tertiary/aromatic N) is 1. The molecule has 0 radical (unpaired) electrons. The molecule has 2 aromatic rings. The van der Waals surface area contributed by atoms with Gasteiger partial charge in [-0.05, 0) is 55.9 Å². The Morgan fingerprint density at radius 3 is 2.64 bits per heavy atom. The van der Waals surface area contributed by atoms with Crippen molar-refractivity contribution in [3.8, 4) is 5.75 Å². The Balaban J connectivity index is 1.88. The van der Waals surface area contributed by atoms with Crippen molar-refractivity contribution in [2.45, 2.75) is 20.0 Å². The predicted molar refractivity (Wildman–Crippen MR) is 95.6 cm³/mol. The second-order valence-corrected chi connectivity index (χ2v) is 5.34. The zero-order valence-electron chi connectivity index (χ0n) is 12.6. The van der Waals surface area contributed by atoms with Crippen LogP contribution in [-0.4, -0.2) is 17.4 Å². The van der Waals surface area contributed by atoms with Crippen LogP contribution < -0.4 is 15.5 Å². The van der Waals surface area contributed by atoms with Gasteiger partial charge in [-0.1, -0.05) is 30.3 Å². The Labute approximate surface area is 136 Å². The van der Waals surface area contributed by atoms with Crippen molar-refractivity contribution in [1.82, 2.24) is 5.43 Å². The maximum Gasteiger partial charge on any atom is 0.191 e. The van der Waals surface area contributed by atoms with Crippen LogP contribution in [0.1, 0.15) is 19.4 Å². The van der Waals surface area contributed by atoms with Gasteiger partial charge in [0.05, 0.1) is 12.3 Å². The second kappa shape index (κ2) is 8.14. The van der Waals surface area contributed by atoms with Crippen LogP contribution in [-0.2, 0) is 0 Å². The lowest BCUT2D eigenvalue weighted by atomic mass is 10.2. The van der Waals surface area contributed by atoms with Crippen LogP contribution in [0.15, 0.2) is 59.7 Å². The van der Waals surface area contributed by atoms with Crippen LogP contribution in [0.5, 0.6) is 5.75 Å².